The van der Waals surface area contributed by atoms with Crippen LogP contribution in [0.1, 0.15) is 29.7 Å². The molecular formula is C13H18N2O. The lowest BCUT2D eigenvalue weighted by atomic mass is 10.0. The van der Waals surface area contributed by atoms with E-state index in [4.69, 9.17) is 4.74 Å². The number of hydrogen-bond donors (Lipinski definition) is 1. The van der Waals surface area contributed by atoms with Gasteiger partial charge in [0.2, 0.25) is 0 Å². The monoisotopic (exact) mass is 218 g/mol. The van der Waals surface area contributed by atoms with Crippen LogP contribution in [0.5, 0.6) is 0 Å². The molecule has 0 amide bonds. The van der Waals surface area contributed by atoms with E-state index in [0.717, 1.165) is 6.54 Å². The van der Waals surface area contributed by atoms with Crippen LogP contribution in [0.15, 0.2) is 23.2 Å². The van der Waals surface area contributed by atoms with Crippen molar-refractivity contribution in [1.29, 1.82) is 0 Å². The summed E-state index contributed by atoms with van der Waals surface area (Å²) in [6.07, 6.45) is 0. The Balaban J connectivity index is 2.10. The summed E-state index contributed by atoms with van der Waals surface area (Å²) < 4.78 is 5.35. The van der Waals surface area contributed by atoms with Gasteiger partial charge in [0, 0.05) is 0 Å². The third-order valence-electron chi connectivity index (χ3n) is 2.82. The molecule has 3 heteroatoms. The van der Waals surface area contributed by atoms with Crippen molar-refractivity contribution >= 4 is 6.02 Å². The van der Waals surface area contributed by atoms with Crippen molar-refractivity contribution in [3.8, 4) is 0 Å². The first-order valence-corrected chi connectivity index (χ1v) is 5.68. The number of aliphatic imine (C=N–C) groups is 1. The van der Waals surface area contributed by atoms with Gasteiger partial charge in [0.1, 0.15) is 6.61 Å². The van der Waals surface area contributed by atoms with Crippen LogP contribution >= 0.6 is 0 Å². The van der Waals surface area contributed by atoms with Gasteiger partial charge in [0.25, 0.3) is 6.02 Å². The lowest BCUT2D eigenvalue weighted by Gasteiger charge is -2.17. The van der Waals surface area contributed by atoms with Crippen molar-refractivity contribution in [2.75, 3.05) is 13.2 Å². The third kappa shape index (κ3) is 2.35. The SMILES string of the molecule is Cc1ccc(C(C)NC2=NCCO2)c(C)c1. The summed E-state index contributed by atoms with van der Waals surface area (Å²) >= 11 is 0. The molecule has 1 heterocycles. The van der Waals surface area contributed by atoms with Crippen molar-refractivity contribution in [1.82, 2.24) is 5.32 Å². The van der Waals surface area contributed by atoms with Crippen LogP contribution in [0.2, 0.25) is 0 Å². The Hall–Kier alpha value is -1.51. The molecule has 1 N–H and O–H groups in total. The number of aryl methyl sites for hydroxylation is 2. The second-order valence-electron chi connectivity index (χ2n) is 4.26. The Morgan fingerprint density at radius 1 is 1.38 bits per heavy atom. The average molecular weight is 218 g/mol. The van der Waals surface area contributed by atoms with Crippen LogP contribution in [0.4, 0.5) is 0 Å². The fourth-order valence-electron chi connectivity index (χ4n) is 2.00. The third-order valence-corrected chi connectivity index (χ3v) is 2.82. The second kappa shape index (κ2) is 4.56. The highest BCUT2D eigenvalue weighted by Gasteiger charge is 2.13. The maximum absolute atomic E-state index is 5.35. The van der Waals surface area contributed by atoms with Crippen molar-refractivity contribution in [2.24, 2.45) is 4.99 Å². The summed E-state index contributed by atoms with van der Waals surface area (Å²) in [7, 11) is 0. The Morgan fingerprint density at radius 3 is 2.81 bits per heavy atom. The Morgan fingerprint density at radius 2 is 2.19 bits per heavy atom. The zero-order chi connectivity index (χ0) is 11.5. The van der Waals surface area contributed by atoms with Crippen LogP contribution in [0.25, 0.3) is 0 Å². The van der Waals surface area contributed by atoms with Gasteiger partial charge in [-0.25, -0.2) is 4.99 Å². The van der Waals surface area contributed by atoms with E-state index in [9.17, 15) is 0 Å². The molecule has 0 saturated carbocycles. The minimum Gasteiger partial charge on any atom is -0.463 e. The van der Waals surface area contributed by atoms with E-state index in [1.807, 2.05) is 0 Å². The molecule has 1 aromatic rings. The van der Waals surface area contributed by atoms with Crippen molar-refractivity contribution in [3.05, 3.63) is 34.9 Å². The smallest absolute Gasteiger partial charge is 0.285 e. The van der Waals surface area contributed by atoms with Gasteiger partial charge in [-0.15, -0.1) is 0 Å². The van der Waals surface area contributed by atoms with Crippen molar-refractivity contribution in [2.45, 2.75) is 26.8 Å². The van der Waals surface area contributed by atoms with E-state index in [1.165, 1.54) is 16.7 Å². The lowest BCUT2D eigenvalue weighted by Crippen LogP contribution is -2.27. The Bertz CT molecular complexity index is 412. The molecule has 86 valence electrons. The molecule has 1 aromatic carbocycles. The molecular weight excluding hydrogens is 200 g/mol. The van der Waals surface area contributed by atoms with Crippen molar-refractivity contribution < 1.29 is 4.74 Å². The fraction of sp³-hybridized carbons (Fsp3) is 0.462. The number of nitrogens with one attached hydrogen (secondary N) is 1. The number of ether oxygens (including phenoxy) is 1. The normalized spacial score (nSPS) is 16.6. The maximum Gasteiger partial charge on any atom is 0.285 e. The molecule has 0 radical (unpaired) electrons. The first-order valence-electron chi connectivity index (χ1n) is 5.68. The predicted octanol–water partition coefficient (Wildman–Crippen LogP) is 2.34. The van der Waals surface area contributed by atoms with Gasteiger partial charge in [0.15, 0.2) is 0 Å². The number of rotatable bonds is 2. The topological polar surface area (TPSA) is 33.6 Å². The summed E-state index contributed by atoms with van der Waals surface area (Å²) in [5.41, 5.74) is 3.89. The molecule has 1 atom stereocenters. The summed E-state index contributed by atoms with van der Waals surface area (Å²) in [4.78, 5) is 4.23. The minimum atomic E-state index is 0.234. The number of amidine groups is 1. The number of nitrogens with zero attached hydrogens (tertiary/aromatic N) is 1. The molecule has 1 aliphatic rings. The van der Waals surface area contributed by atoms with E-state index in [2.05, 4.69) is 49.3 Å². The summed E-state index contributed by atoms with van der Waals surface area (Å²) in [5.74, 6) is 0. The summed E-state index contributed by atoms with van der Waals surface area (Å²) in [5, 5.41) is 3.28. The van der Waals surface area contributed by atoms with Gasteiger partial charge in [-0.3, -0.25) is 0 Å². The molecule has 0 fully saturated rings. The molecule has 0 spiro atoms. The molecule has 1 aliphatic heterocycles. The maximum atomic E-state index is 5.35. The number of benzene rings is 1. The molecule has 0 aliphatic carbocycles. The van der Waals surface area contributed by atoms with E-state index >= 15 is 0 Å². The van der Waals surface area contributed by atoms with Gasteiger partial charge in [-0.05, 0) is 31.9 Å². The molecule has 16 heavy (non-hydrogen) atoms. The van der Waals surface area contributed by atoms with E-state index in [1.54, 1.807) is 0 Å². The van der Waals surface area contributed by atoms with Gasteiger partial charge in [-0.2, -0.15) is 0 Å². The first-order chi connectivity index (χ1) is 7.66. The Kier molecular flexibility index (Phi) is 3.13. The zero-order valence-corrected chi connectivity index (χ0v) is 10.1. The molecule has 0 aromatic heterocycles. The minimum absolute atomic E-state index is 0.234. The number of hydrogen-bond acceptors (Lipinski definition) is 3. The lowest BCUT2D eigenvalue weighted by molar-refractivity contribution is 0.326. The molecule has 0 bridgehead atoms. The zero-order valence-electron chi connectivity index (χ0n) is 10.1. The summed E-state index contributed by atoms with van der Waals surface area (Å²) in [6.45, 7) is 7.84. The summed E-state index contributed by atoms with van der Waals surface area (Å²) in [6, 6.07) is 7.41. The van der Waals surface area contributed by atoms with E-state index < -0.39 is 0 Å². The van der Waals surface area contributed by atoms with Gasteiger partial charge >= 0.3 is 0 Å². The molecule has 2 rings (SSSR count). The standard InChI is InChI=1S/C13H18N2O/c1-9-4-5-12(10(2)8-9)11(3)15-13-14-6-7-16-13/h4-5,8,11H,6-7H2,1-3H3,(H,14,15). The highest BCUT2D eigenvalue weighted by atomic mass is 16.5. The quantitative estimate of drug-likeness (QED) is 0.826. The van der Waals surface area contributed by atoms with Crippen LogP contribution in [0.3, 0.4) is 0 Å². The Labute approximate surface area is 96.5 Å². The van der Waals surface area contributed by atoms with Gasteiger partial charge < -0.3 is 10.1 Å². The average Bonchev–Trinajstić information content (AvgIpc) is 2.70. The predicted molar refractivity (Wildman–Crippen MR) is 65.7 cm³/mol. The van der Waals surface area contributed by atoms with Crippen LogP contribution in [-0.4, -0.2) is 19.2 Å². The fourth-order valence-corrected chi connectivity index (χ4v) is 2.00. The van der Waals surface area contributed by atoms with Gasteiger partial charge in [-0.1, -0.05) is 23.8 Å². The molecule has 1 unspecified atom stereocenters. The van der Waals surface area contributed by atoms with Crippen LogP contribution in [-0.2, 0) is 4.74 Å². The largest absolute Gasteiger partial charge is 0.463 e. The highest BCUT2D eigenvalue weighted by molar-refractivity contribution is 5.75. The van der Waals surface area contributed by atoms with E-state index in [-0.39, 0.29) is 6.04 Å². The van der Waals surface area contributed by atoms with E-state index in [0.29, 0.717) is 12.6 Å². The molecule has 3 nitrogen and oxygen atoms in total. The first kappa shape index (κ1) is 11.0. The van der Waals surface area contributed by atoms with Crippen LogP contribution < -0.4 is 5.32 Å². The van der Waals surface area contributed by atoms with Crippen LogP contribution in [0, 0.1) is 13.8 Å². The highest BCUT2D eigenvalue weighted by Crippen LogP contribution is 2.18. The second-order valence-corrected chi connectivity index (χ2v) is 4.26. The van der Waals surface area contributed by atoms with Crippen molar-refractivity contribution in [3.63, 3.8) is 0 Å². The van der Waals surface area contributed by atoms with Gasteiger partial charge in [0.05, 0.1) is 12.6 Å². The molecule has 0 saturated heterocycles.